The molecule has 0 unspecified atom stereocenters. The number of phenolic OH excluding ortho intramolecular Hbond substituents is 1. The predicted octanol–water partition coefficient (Wildman–Crippen LogP) is 3.62. The Morgan fingerprint density at radius 3 is 2.43 bits per heavy atom. The Kier molecular flexibility index (Phi) is 6.31. The standard InChI is InChI=1S/C21H21NO7S/c1-3-30(25,26)17-9-10-19(23)18(12-17)22-21(24)20-11-8-16(29-20)13-28-15-6-4-14(27-2)5-7-15/h4-12,23H,3,13H2,1-2H3,(H,22,24). The Labute approximate surface area is 174 Å². The molecular formula is C21H21NO7S. The minimum absolute atomic E-state index is 0.00567. The summed E-state index contributed by atoms with van der Waals surface area (Å²) in [5.74, 6) is 0.741. The zero-order chi connectivity index (χ0) is 21.7. The van der Waals surface area contributed by atoms with Gasteiger partial charge in [0.05, 0.1) is 23.4 Å². The van der Waals surface area contributed by atoms with Gasteiger partial charge in [-0.3, -0.25) is 4.79 Å². The lowest BCUT2D eigenvalue weighted by atomic mass is 10.3. The van der Waals surface area contributed by atoms with Gasteiger partial charge >= 0.3 is 0 Å². The first-order valence-electron chi connectivity index (χ1n) is 9.05. The maximum atomic E-state index is 12.4. The van der Waals surface area contributed by atoms with Crippen LogP contribution in [0.25, 0.3) is 0 Å². The van der Waals surface area contributed by atoms with Crippen LogP contribution in [0.15, 0.2) is 63.9 Å². The van der Waals surface area contributed by atoms with Crippen molar-refractivity contribution in [3.05, 3.63) is 66.1 Å². The van der Waals surface area contributed by atoms with Gasteiger partial charge in [-0.25, -0.2) is 8.42 Å². The molecule has 0 saturated heterocycles. The topological polar surface area (TPSA) is 115 Å². The van der Waals surface area contributed by atoms with Crippen molar-refractivity contribution in [3.63, 3.8) is 0 Å². The first kappa shape index (κ1) is 21.3. The number of aromatic hydroxyl groups is 1. The van der Waals surface area contributed by atoms with E-state index in [-0.39, 0.29) is 34.5 Å². The minimum Gasteiger partial charge on any atom is -0.506 e. The van der Waals surface area contributed by atoms with Crippen LogP contribution in [0.3, 0.4) is 0 Å². The Bertz CT molecular complexity index is 1130. The van der Waals surface area contributed by atoms with Crippen LogP contribution in [0.5, 0.6) is 17.2 Å². The molecule has 3 aromatic rings. The Morgan fingerprint density at radius 1 is 1.07 bits per heavy atom. The summed E-state index contributed by atoms with van der Waals surface area (Å²) >= 11 is 0. The number of sulfone groups is 1. The number of hydrogen-bond donors (Lipinski definition) is 2. The maximum absolute atomic E-state index is 12.4. The number of phenols is 1. The van der Waals surface area contributed by atoms with Crippen LogP contribution >= 0.6 is 0 Å². The van der Waals surface area contributed by atoms with Gasteiger partial charge in [-0.2, -0.15) is 0 Å². The van der Waals surface area contributed by atoms with E-state index in [1.807, 2.05) is 0 Å². The summed E-state index contributed by atoms with van der Waals surface area (Å²) in [6.45, 7) is 1.62. The SMILES string of the molecule is CCS(=O)(=O)c1ccc(O)c(NC(=O)c2ccc(COc3ccc(OC)cc3)o2)c1. The quantitative estimate of drug-likeness (QED) is 0.524. The molecule has 3 rings (SSSR count). The van der Waals surface area contributed by atoms with Gasteiger partial charge in [0.1, 0.15) is 29.6 Å². The van der Waals surface area contributed by atoms with Gasteiger partial charge in [0.15, 0.2) is 15.6 Å². The summed E-state index contributed by atoms with van der Waals surface area (Å²) in [6.07, 6.45) is 0. The molecule has 0 aliphatic carbocycles. The first-order valence-corrected chi connectivity index (χ1v) is 10.7. The molecule has 0 radical (unpaired) electrons. The third kappa shape index (κ3) is 4.93. The zero-order valence-corrected chi connectivity index (χ0v) is 17.2. The lowest BCUT2D eigenvalue weighted by Crippen LogP contribution is -2.12. The second kappa shape index (κ2) is 8.91. The molecular weight excluding hydrogens is 410 g/mol. The number of rotatable bonds is 8. The molecule has 2 N–H and O–H groups in total. The van der Waals surface area contributed by atoms with Gasteiger partial charge in [0, 0.05) is 0 Å². The molecule has 1 heterocycles. The number of anilines is 1. The average Bonchev–Trinajstić information content (AvgIpc) is 3.23. The summed E-state index contributed by atoms with van der Waals surface area (Å²) in [5.41, 5.74) is -0.0260. The third-order valence-corrected chi connectivity index (χ3v) is 6.01. The predicted molar refractivity (Wildman–Crippen MR) is 110 cm³/mol. The second-order valence-electron chi connectivity index (χ2n) is 6.27. The van der Waals surface area contributed by atoms with Crippen LogP contribution in [-0.4, -0.2) is 32.3 Å². The number of carbonyl (C=O) groups excluding carboxylic acids is 1. The molecule has 0 atom stereocenters. The Hall–Kier alpha value is -3.46. The highest BCUT2D eigenvalue weighted by Crippen LogP contribution is 2.28. The van der Waals surface area contributed by atoms with Gasteiger partial charge in [-0.05, 0) is 54.6 Å². The van der Waals surface area contributed by atoms with Crippen LogP contribution in [0.4, 0.5) is 5.69 Å². The summed E-state index contributed by atoms with van der Waals surface area (Å²) in [6, 6.07) is 13.8. The lowest BCUT2D eigenvalue weighted by Gasteiger charge is -2.09. The monoisotopic (exact) mass is 431 g/mol. The fraction of sp³-hybridized carbons (Fsp3) is 0.190. The number of amides is 1. The van der Waals surface area contributed by atoms with Crippen molar-refractivity contribution >= 4 is 21.4 Å². The van der Waals surface area contributed by atoms with Gasteiger partial charge < -0.3 is 24.3 Å². The highest BCUT2D eigenvalue weighted by Gasteiger charge is 2.17. The van der Waals surface area contributed by atoms with E-state index in [9.17, 15) is 18.3 Å². The third-order valence-electron chi connectivity index (χ3n) is 4.28. The number of nitrogens with one attached hydrogen (secondary N) is 1. The fourth-order valence-electron chi connectivity index (χ4n) is 2.56. The van der Waals surface area contributed by atoms with E-state index in [0.29, 0.717) is 17.3 Å². The highest BCUT2D eigenvalue weighted by molar-refractivity contribution is 7.91. The van der Waals surface area contributed by atoms with E-state index < -0.39 is 15.7 Å². The van der Waals surface area contributed by atoms with Gasteiger partial charge in [-0.15, -0.1) is 0 Å². The maximum Gasteiger partial charge on any atom is 0.291 e. The number of benzene rings is 2. The molecule has 2 aromatic carbocycles. The molecule has 0 aliphatic rings. The molecule has 0 bridgehead atoms. The number of furan rings is 1. The van der Waals surface area contributed by atoms with E-state index >= 15 is 0 Å². The summed E-state index contributed by atoms with van der Waals surface area (Å²) in [7, 11) is -1.91. The van der Waals surface area contributed by atoms with Crippen LogP contribution in [0, 0.1) is 0 Å². The summed E-state index contributed by atoms with van der Waals surface area (Å²) in [4.78, 5) is 12.4. The molecule has 0 aliphatic heterocycles. The van der Waals surface area contributed by atoms with Crippen molar-refractivity contribution in [2.45, 2.75) is 18.4 Å². The van der Waals surface area contributed by atoms with Crippen molar-refractivity contribution in [2.24, 2.45) is 0 Å². The fourth-order valence-corrected chi connectivity index (χ4v) is 3.47. The van der Waals surface area contributed by atoms with Crippen molar-refractivity contribution in [1.82, 2.24) is 0 Å². The molecule has 9 heteroatoms. The minimum atomic E-state index is -3.48. The smallest absolute Gasteiger partial charge is 0.291 e. The molecule has 1 amide bonds. The van der Waals surface area contributed by atoms with Crippen molar-refractivity contribution < 1.29 is 32.2 Å². The Morgan fingerprint density at radius 2 is 1.77 bits per heavy atom. The highest BCUT2D eigenvalue weighted by atomic mass is 32.2. The largest absolute Gasteiger partial charge is 0.506 e. The van der Waals surface area contributed by atoms with Gasteiger partial charge in [0.2, 0.25) is 0 Å². The number of ether oxygens (including phenoxy) is 2. The molecule has 1 aromatic heterocycles. The molecule has 30 heavy (non-hydrogen) atoms. The normalized spacial score (nSPS) is 11.1. The molecule has 0 fully saturated rings. The summed E-state index contributed by atoms with van der Waals surface area (Å²) in [5, 5.41) is 12.4. The molecule has 0 spiro atoms. The van der Waals surface area contributed by atoms with Crippen LogP contribution in [-0.2, 0) is 16.4 Å². The van der Waals surface area contributed by atoms with Crippen LogP contribution < -0.4 is 14.8 Å². The number of hydrogen-bond acceptors (Lipinski definition) is 7. The van der Waals surface area contributed by atoms with Crippen molar-refractivity contribution in [1.29, 1.82) is 0 Å². The van der Waals surface area contributed by atoms with E-state index in [0.717, 1.165) is 0 Å². The van der Waals surface area contributed by atoms with Crippen molar-refractivity contribution in [3.8, 4) is 17.2 Å². The lowest BCUT2D eigenvalue weighted by molar-refractivity contribution is 0.0992. The van der Waals surface area contributed by atoms with E-state index in [4.69, 9.17) is 13.9 Å². The van der Waals surface area contributed by atoms with Crippen molar-refractivity contribution in [2.75, 3.05) is 18.2 Å². The van der Waals surface area contributed by atoms with Gasteiger partial charge in [-0.1, -0.05) is 6.92 Å². The zero-order valence-electron chi connectivity index (χ0n) is 16.4. The molecule has 0 saturated carbocycles. The number of carbonyl (C=O) groups is 1. The second-order valence-corrected chi connectivity index (χ2v) is 8.54. The van der Waals surface area contributed by atoms with Crippen LogP contribution in [0.2, 0.25) is 0 Å². The molecule has 8 nitrogen and oxygen atoms in total. The summed E-state index contributed by atoms with van der Waals surface area (Å²) < 4.78 is 40.2. The van der Waals surface area contributed by atoms with E-state index in [1.54, 1.807) is 37.4 Å². The van der Waals surface area contributed by atoms with E-state index in [1.165, 1.54) is 31.2 Å². The van der Waals surface area contributed by atoms with E-state index in [2.05, 4.69) is 5.32 Å². The number of methoxy groups -OCH3 is 1. The van der Waals surface area contributed by atoms with Crippen LogP contribution in [0.1, 0.15) is 23.2 Å². The first-order chi connectivity index (χ1) is 14.3. The van der Waals surface area contributed by atoms with Gasteiger partial charge in [0.25, 0.3) is 5.91 Å². The average molecular weight is 431 g/mol. The Balaban J connectivity index is 1.67. The molecule has 158 valence electrons.